The predicted octanol–water partition coefficient (Wildman–Crippen LogP) is 4.79. The van der Waals surface area contributed by atoms with Crippen LogP contribution in [0.5, 0.6) is 0 Å². The second-order valence-electron chi connectivity index (χ2n) is 7.83. The molecule has 0 aliphatic heterocycles. The zero-order chi connectivity index (χ0) is 17.3. The molecule has 2 heterocycles. The number of carbonyl (C=O) groups is 1. The Labute approximate surface area is 148 Å². The van der Waals surface area contributed by atoms with Gasteiger partial charge in [-0.15, -0.1) is 11.3 Å². The van der Waals surface area contributed by atoms with Crippen molar-refractivity contribution >= 4 is 17.2 Å². The lowest BCUT2D eigenvalue weighted by atomic mass is 9.72. The number of aromatic nitrogens is 1. The Kier molecular flexibility index (Phi) is 4.77. The van der Waals surface area contributed by atoms with Gasteiger partial charge in [-0.05, 0) is 60.8 Å². The van der Waals surface area contributed by atoms with E-state index in [9.17, 15) is 4.79 Å². The maximum absolute atomic E-state index is 12.7. The molecule has 0 bridgehead atoms. The molecule has 4 heteroatoms. The summed E-state index contributed by atoms with van der Waals surface area (Å²) in [6.45, 7) is 8.97. The van der Waals surface area contributed by atoms with Gasteiger partial charge in [0.15, 0.2) is 0 Å². The highest BCUT2D eigenvalue weighted by atomic mass is 32.1. The van der Waals surface area contributed by atoms with E-state index in [-0.39, 0.29) is 11.9 Å². The smallest absolute Gasteiger partial charge is 0.252 e. The molecule has 0 aromatic carbocycles. The lowest BCUT2D eigenvalue weighted by Crippen LogP contribution is -2.29. The van der Waals surface area contributed by atoms with E-state index in [0.717, 1.165) is 24.0 Å². The van der Waals surface area contributed by atoms with Gasteiger partial charge in [0.25, 0.3) is 5.91 Å². The minimum absolute atomic E-state index is 0.0121. The maximum Gasteiger partial charge on any atom is 0.252 e. The minimum atomic E-state index is -0.0121. The van der Waals surface area contributed by atoms with Crippen LogP contribution in [0.1, 0.15) is 66.5 Å². The molecule has 1 amide bonds. The van der Waals surface area contributed by atoms with E-state index in [1.54, 1.807) is 23.7 Å². The van der Waals surface area contributed by atoms with Crippen LogP contribution in [0.25, 0.3) is 0 Å². The van der Waals surface area contributed by atoms with Crippen LogP contribution in [0, 0.1) is 11.3 Å². The minimum Gasteiger partial charge on any atom is -0.345 e. The van der Waals surface area contributed by atoms with E-state index in [1.165, 1.54) is 16.9 Å². The van der Waals surface area contributed by atoms with Gasteiger partial charge < -0.3 is 5.32 Å². The summed E-state index contributed by atoms with van der Waals surface area (Å²) in [5.41, 5.74) is 3.57. The van der Waals surface area contributed by atoms with Gasteiger partial charge in [-0.1, -0.05) is 20.8 Å². The Morgan fingerprint density at radius 3 is 2.71 bits per heavy atom. The topological polar surface area (TPSA) is 42.0 Å². The predicted molar refractivity (Wildman–Crippen MR) is 99.4 cm³/mol. The standard InChI is InChI=1S/C20H26N2OS/c1-13(14-7-9-21-10-8-14)22-19(23)17-12-24-18-11-15(20(2,3)4)5-6-16(17)18/h7-10,12-13,15H,5-6,11H2,1-4H3,(H,22,23)/t13-,15-/m0/s1. The third-order valence-electron chi connectivity index (χ3n) is 5.18. The zero-order valence-electron chi connectivity index (χ0n) is 14.9. The van der Waals surface area contributed by atoms with Crippen molar-refractivity contribution in [2.75, 3.05) is 0 Å². The van der Waals surface area contributed by atoms with E-state index in [1.807, 2.05) is 24.4 Å². The van der Waals surface area contributed by atoms with Gasteiger partial charge in [-0.3, -0.25) is 9.78 Å². The van der Waals surface area contributed by atoms with Crippen LogP contribution in [0.3, 0.4) is 0 Å². The largest absolute Gasteiger partial charge is 0.345 e. The molecular weight excluding hydrogens is 316 g/mol. The average Bonchev–Trinajstić information content (AvgIpc) is 2.98. The van der Waals surface area contributed by atoms with Crippen molar-refractivity contribution < 1.29 is 4.79 Å². The number of carbonyl (C=O) groups excluding carboxylic acids is 1. The van der Waals surface area contributed by atoms with Crippen molar-refractivity contribution in [3.05, 3.63) is 51.5 Å². The first-order valence-corrected chi connectivity index (χ1v) is 9.54. The number of amides is 1. The molecule has 2 aromatic rings. The highest BCUT2D eigenvalue weighted by Crippen LogP contribution is 2.40. The SMILES string of the molecule is C[C@H](NC(=O)c1csc2c1CC[C@H](C(C)(C)C)C2)c1ccncc1. The van der Waals surface area contributed by atoms with E-state index in [2.05, 4.69) is 31.1 Å². The van der Waals surface area contributed by atoms with Crippen LogP contribution in [-0.4, -0.2) is 10.9 Å². The van der Waals surface area contributed by atoms with Gasteiger partial charge >= 0.3 is 0 Å². The molecule has 1 aliphatic carbocycles. The van der Waals surface area contributed by atoms with Crippen LogP contribution < -0.4 is 5.32 Å². The summed E-state index contributed by atoms with van der Waals surface area (Å²) in [7, 11) is 0. The third-order valence-corrected chi connectivity index (χ3v) is 6.23. The maximum atomic E-state index is 12.7. The lowest BCUT2D eigenvalue weighted by molar-refractivity contribution is 0.0938. The Bertz CT molecular complexity index is 715. The Hall–Kier alpha value is -1.68. The van der Waals surface area contributed by atoms with Crippen LogP contribution in [0.15, 0.2) is 29.9 Å². The highest BCUT2D eigenvalue weighted by Gasteiger charge is 2.31. The molecule has 2 aromatic heterocycles. The molecule has 24 heavy (non-hydrogen) atoms. The number of nitrogens with one attached hydrogen (secondary N) is 1. The van der Waals surface area contributed by atoms with Crippen molar-refractivity contribution in [1.29, 1.82) is 0 Å². The molecule has 2 atom stereocenters. The fourth-order valence-corrected chi connectivity index (χ4v) is 4.61. The fourth-order valence-electron chi connectivity index (χ4n) is 3.45. The first kappa shape index (κ1) is 17.2. The summed E-state index contributed by atoms with van der Waals surface area (Å²) >= 11 is 1.75. The fraction of sp³-hybridized carbons (Fsp3) is 0.500. The monoisotopic (exact) mass is 342 g/mol. The summed E-state index contributed by atoms with van der Waals surface area (Å²) in [5, 5.41) is 5.18. The summed E-state index contributed by atoms with van der Waals surface area (Å²) < 4.78 is 0. The van der Waals surface area contributed by atoms with Crippen LogP contribution >= 0.6 is 11.3 Å². The molecule has 3 nitrogen and oxygen atoms in total. The molecule has 0 saturated carbocycles. The zero-order valence-corrected chi connectivity index (χ0v) is 15.7. The Morgan fingerprint density at radius 1 is 1.33 bits per heavy atom. The van der Waals surface area contributed by atoms with Crippen molar-refractivity contribution in [3.8, 4) is 0 Å². The molecule has 3 rings (SSSR count). The highest BCUT2D eigenvalue weighted by molar-refractivity contribution is 7.10. The Balaban J connectivity index is 1.73. The van der Waals surface area contributed by atoms with E-state index < -0.39 is 0 Å². The number of hydrogen-bond acceptors (Lipinski definition) is 3. The normalized spacial score (nSPS) is 18.8. The van der Waals surface area contributed by atoms with Crippen molar-refractivity contribution in [1.82, 2.24) is 10.3 Å². The van der Waals surface area contributed by atoms with Gasteiger partial charge in [-0.2, -0.15) is 0 Å². The number of thiophene rings is 1. The van der Waals surface area contributed by atoms with Gasteiger partial charge in [0.1, 0.15) is 0 Å². The van der Waals surface area contributed by atoms with E-state index in [0.29, 0.717) is 11.3 Å². The number of nitrogens with zero attached hydrogens (tertiary/aromatic N) is 1. The molecule has 0 saturated heterocycles. The molecule has 0 unspecified atom stereocenters. The summed E-state index contributed by atoms with van der Waals surface area (Å²) in [6.07, 6.45) is 6.82. The van der Waals surface area contributed by atoms with Gasteiger partial charge in [0.05, 0.1) is 11.6 Å². The number of hydrogen-bond donors (Lipinski definition) is 1. The van der Waals surface area contributed by atoms with Crippen LogP contribution in [0.4, 0.5) is 0 Å². The second kappa shape index (κ2) is 6.67. The number of fused-ring (bicyclic) bond motifs is 1. The van der Waals surface area contributed by atoms with Gasteiger partial charge in [0.2, 0.25) is 0 Å². The molecule has 1 aliphatic rings. The lowest BCUT2D eigenvalue weighted by Gasteiger charge is -2.34. The average molecular weight is 343 g/mol. The molecule has 0 radical (unpaired) electrons. The number of pyridine rings is 1. The van der Waals surface area contributed by atoms with Crippen LogP contribution in [-0.2, 0) is 12.8 Å². The van der Waals surface area contributed by atoms with Gasteiger partial charge in [0, 0.05) is 22.7 Å². The summed E-state index contributed by atoms with van der Waals surface area (Å²) in [4.78, 5) is 18.2. The van der Waals surface area contributed by atoms with Crippen LogP contribution in [0.2, 0.25) is 0 Å². The van der Waals surface area contributed by atoms with Crippen molar-refractivity contribution in [3.63, 3.8) is 0 Å². The first-order valence-electron chi connectivity index (χ1n) is 8.66. The summed E-state index contributed by atoms with van der Waals surface area (Å²) in [6, 6.07) is 3.88. The van der Waals surface area contributed by atoms with Crippen molar-refractivity contribution in [2.24, 2.45) is 11.3 Å². The quantitative estimate of drug-likeness (QED) is 0.872. The molecule has 1 N–H and O–H groups in total. The molecule has 128 valence electrons. The second-order valence-corrected chi connectivity index (χ2v) is 8.80. The number of rotatable bonds is 3. The van der Waals surface area contributed by atoms with Crippen molar-refractivity contribution in [2.45, 2.75) is 53.0 Å². The first-order chi connectivity index (χ1) is 11.4. The molecular formula is C20H26N2OS. The van der Waals surface area contributed by atoms with E-state index >= 15 is 0 Å². The van der Waals surface area contributed by atoms with Gasteiger partial charge in [-0.25, -0.2) is 0 Å². The van der Waals surface area contributed by atoms with E-state index in [4.69, 9.17) is 0 Å². The summed E-state index contributed by atoms with van der Waals surface area (Å²) in [5.74, 6) is 0.751. The molecule has 0 fully saturated rings. The Morgan fingerprint density at radius 2 is 2.04 bits per heavy atom. The molecule has 0 spiro atoms. The third kappa shape index (κ3) is 3.54.